The summed E-state index contributed by atoms with van der Waals surface area (Å²) >= 11 is 3.56. The Labute approximate surface area is 112 Å². The predicted octanol–water partition coefficient (Wildman–Crippen LogP) is 3.14. The Bertz CT molecular complexity index is 361. The summed E-state index contributed by atoms with van der Waals surface area (Å²) in [5.74, 6) is 0.821. The summed E-state index contributed by atoms with van der Waals surface area (Å²) in [7, 11) is 1.76. The van der Waals surface area contributed by atoms with Gasteiger partial charge in [-0.1, -0.05) is 22.0 Å². The number of ether oxygens (including phenoxy) is 1. The highest BCUT2D eigenvalue weighted by Gasteiger charge is 2.15. The Hall–Kier alpha value is -0.380. The molecule has 1 N–H and O–H groups in total. The van der Waals surface area contributed by atoms with E-state index in [2.05, 4.69) is 39.4 Å². The fourth-order valence-corrected chi connectivity index (χ4v) is 2.89. The Balaban J connectivity index is 2.08. The fraction of sp³-hybridized carbons (Fsp3) is 0.571. The molecule has 1 aliphatic rings. The lowest BCUT2D eigenvalue weighted by atomic mass is 9.89. The van der Waals surface area contributed by atoms with Crippen LogP contribution in [0.1, 0.15) is 24.0 Å². The first-order chi connectivity index (χ1) is 8.29. The molecule has 2 nitrogen and oxygen atoms in total. The maximum absolute atomic E-state index is 5.27. The molecule has 0 unspecified atom stereocenters. The van der Waals surface area contributed by atoms with Gasteiger partial charge in [-0.25, -0.2) is 0 Å². The van der Waals surface area contributed by atoms with Crippen LogP contribution in [0.4, 0.5) is 0 Å². The number of hydrogen-bond acceptors (Lipinski definition) is 2. The second-order valence-electron chi connectivity index (χ2n) is 4.74. The molecule has 1 fully saturated rings. The van der Waals surface area contributed by atoms with Crippen molar-refractivity contribution >= 4 is 15.9 Å². The molecule has 0 atom stereocenters. The van der Waals surface area contributed by atoms with Gasteiger partial charge in [0.05, 0.1) is 6.61 Å². The molecule has 1 saturated heterocycles. The van der Waals surface area contributed by atoms with Crippen LogP contribution in [0.15, 0.2) is 22.7 Å². The molecule has 0 saturated carbocycles. The largest absolute Gasteiger partial charge is 0.380 e. The van der Waals surface area contributed by atoms with E-state index in [4.69, 9.17) is 4.74 Å². The lowest BCUT2D eigenvalue weighted by molar-refractivity contribution is 0.183. The first kappa shape index (κ1) is 13.1. The van der Waals surface area contributed by atoms with Gasteiger partial charge in [0.2, 0.25) is 0 Å². The van der Waals surface area contributed by atoms with Gasteiger partial charge in [0.15, 0.2) is 0 Å². The third-order valence-corrected chi connectivity index (χ3v) is 3.93. The number of halogens is 1. The van der Waals surface area contributed by atoms with Crippen molar-refractivity contribution in [3.8, 4) is 0 Å². The molecule has 0 spiro atoms. The van der Waals surface area contributed by atoms with Gasteiger partial charge in [0.1, 0.15) is 0 Å². The van der Waals surface area contributed by atoms with Crippen molar-refractivity contribution < 1.29 is 4.74 Å². The highest BCUT2D eigenvalue weighted by Crippen LogP contribution is 2.24. The van der Waals surface area contributed by atoms with E-state index in [0.29, 0.717) is 6.61 Å². The highest BCUT2D eigenvalue weighted by atomic mass is 79.9. The minimum atomic E-state index is 0.716. The Morgan fingerprint density at radius 2 is 2.06 bits per heavy atom. The van der Waals surface area contributed by atoms with Gasteiger partial charge in [0, 0.05) is 11.6 Å². The van der Waals surface area contributed by atoms with Crippen LogP contribution in [-0.2, 0) is 17.8 Å². The molecule has 94 valence electrons. The zero-order valence-electron chi connectivity index (χ0n) is 10.3. The van der Waals surface area contributed by atoms with Crippen molar-refractivity contribution in [2.45, 2.75) is 25.9 Å². The van der Waals surface area contributed by atoms with Crippen LogP contribution in [0.2, 0.25) is 0 Å². The topological polar surface area (TPSA) is 21.3 Å². The van der Waals surface area contributed by atoms with Crippen molar-refractivity contribution in [2.24, 2.45) is 5.92 Å². The van der Waals surface area contributed by atoms with E-state index in [1.807, 2.05) is 0 Å². The third-order valence-electron chi connectivity index (χ3n) is 3.44. The average molecular weight is 298 g/mol. The van der Waals surface area contributed by atoms with E-state index in [0.717, 1.165) is 19.0 Å². The Morgan fingerprint density at radius 3 is 2.76 bits per heavy atom. The van der Waals surface area contributed by atoms with Crippen LogP contribution >= 0.6 is 15.9 Å². The zero-order chi connectivity index (χ0) is 12.1. The number of rotatable bonds is 4. The monoisotopic (exact) mass is 297 g/mol. The summed E-state index contributed by atoms with van der Waals surface area (Å²) in [6, 6.07) is 6.51. The van der Waals surface area contributed by atoms with Crippen molar-refractivity contribution in [3.05, 3.63) is 33.8 Å². The smallest absolute Gasteiger partial charge is 0.0715 e. The lowest BCUT2D eigenvalue weighted by Gasteiger charge is -2.23. The zero-order valence-corrected chi connectivity index (χ0v) is 11.9. The lowest BCUT2D eigenvalue weighted by Crippen LogP contribution is -2.28. The van der Waals surface area contributed by atoms with Crippen LogP contribution in [0.3, 0.4) is 0 Å². The standard InChI is InChI=1S/C14H20BrNO/c1-17-10-12-2-3-14(15)9-13(12)8-11-4-6-16-7-5-11/h2-3,9,11,16H,4-8,10H2,1H3. The summed E-state index contributed by atoms with van der Waals surface area (Å²) in [5.41, 5.74) is 2.77. The third kappa shape index (κ3) is 3.80. The highest BCUT2D eigenvalue weighted by molar-refractivity contribution is 9.10. The molecular formula is C14H20BrNO. The first-order valence-corrected chi connectivity index (χ1v) is 7.06. The normalized spacial score (nSPS) is 17.3. The SMILES string of the molecule is COCc1ccc(Br)cc1CC1CCNCC1. The predicted molar refractivity (Wildman–Crippen MR) is 74.2 cm³/mol. The van der Waals surface area contributed by atoms with Gasteiger partial charge in [-0.3, -0.25) is 0 Å². The summed E-state index contributed by atoms with van der Waals surface area (Å²) in [4.78, 5) is 0. The Kier molecular flexibility index (Phi) is 5.01. The summed E-state index contributed by atoms with van der Waals surface area (Å²) in [5, 5.41) is 3.42. The quantitative estimate of drug-likeness (QED) is 0.922. The van der Waals surface area contributed by atoms with E-state index >= 15 is 0 Å². The summed E-state index contributed by atoms with van der Waals surface area (Å²) in [6.07, 6.45) is 3.76. The number of methoxy groups -OCH3 is 1. The molecular weight excluding hydrogens is 278 g/mol. The van der Waals surface area contributed by atoms with Crippen molar-refractivity contribution in [1.29, 1.82) is 0 Å². The van der Waals surface area contributed by atoms with E-state index in [1.54, 1.807) is 7.11 Å². The maximum atomic E-state index is 5.27. The molecule has 1 heterocycles. The summed E-state index contributed by atoms with van der Waals surface area (Å²) < 4.78 is 6.44. The Morgan fingerprint density at radius 1 is 1.29 bits per heavy atom. The van der Waals surface area contributed by atoms with Crippen molar-refractivity contribution in [1.82, 2.24) is 5.32 Å². The molecule has 1 aromatic carbocycles. The van der Waals surface area contributed by atoms with Crippen LogP contribution in [-0.4, -0.2) is 20.2 Å². The summed E-state index contributed by atoms with van der Waals surface area (Å²) in [6.45, 7) is 3.05. The second kappa shape index (κ2) is 6.53. The molecule has 3 heteroatoms. The minimum Gasteiger partial charge on any atom is -0.380 e. The minimum absolute atomic E-state index is 0.716. The van der Waals surface area contributed by atoms with Gasteiger partial charge in [-0.15, -0.1) is 0 Å². The molecule has 2 rings (SSSR count). The molecule has 17 heavy (non-hydrogen) atoms. The number of nitrogens with one attached hydrogen (secondary N) is 1. The van der Waals surface area contributed by atoms with Gasteiger partial charge in [0.25, 0.3) is 0 Å². The van der Waals surface area contributed by atoms with E-state index in [-0.39, 0.29) is 0 Å². The van der Waals surface area contributed by atoms with Crippen molar-refractivity contribution in [3.63, 3.8) is 0 Å². The van der Waals surface area contributed by atoms with E-state index in [9.17, 15) is 0 Å². The van der Waals surface area contributed by atoms with E-state index < -0.39 is 0 Å². The molecule has 0 radical (unpaired) electrons. The van der Waals surface area contributed by atoms with Gasteiger partial charge in [-0.2, -0.15) is 0 Å². The number of hydrogen-bond donors (Lipinski definition) is 1. The van der Waals surface area contributed by atoms with Crippen LogP contribution in [0.25, 0.3) is 0 Å². The molecule has 0 aromatic heterocycles. The molecule has 0 aliphatic carbocycles. The van der Waals surface area contributed by atoms with Gasteiger partial charge < -0.3 is 10.1 Å². The van der Waals surface area contributed by atoms with E-state index in [1.165, 1.54) is 34.9 Å². The molecule has 0 amide bonds. The fourth-order valence-electron chi connectivity index (χ4n) is 2.48. The van der Waals surface area contributed by atoms with Crippen molar-refractivity contribution in [2.75, 3.05) is 20.2 Å². The molecule has 1 aliphatic heterocycles. The van der Waals surface area contributed by atoms with Gasteiger partial charge in [-0.05, 0) is 61.5 Å². The van der Waals surface area contributed by atoms with Crippen LogP contribution < -0.4 is 5.32 Å². The second-order valence-corrected chi connectivity index (χ2v) is 5.66. The number of benzene rings is 1. The average Bonchev–Trinajstić information content (AvgIpc) is 2.34. The molecule has 1 aromatic rings. The first-order valence-electron chi connectivity index (χ1n) is 6.26. The van der Waals surface area contributed by atoms with Crippen LogP contribution in [0.5, 0.6) is 0 Å². The number of piperidine rings is 1. The maximum Gasteiger partial charge on any atom is 0.0715 e. The molecule has 0 bridgehead atoms. The van der Waals surface area contributed by atoms with Gasteiger partial charge >= 0.3 is 0 Å². The van der Waals surface area contributed by atoms with Crippen LogP contribution in [0, 0.1) is 5.92 Å².